The molecule has 0 bridgehead atoms. The average Bonchev–Trinajstić information content (AvgIpc) is 2.09. The maximum Gasteiger partial charge on any atom is 0.0606 e. The van der Waals surface area contributed by atoms with Gasteiger partial charge in [-0.3, -0.25) is 4.98 Å². The van der Waals surface area contributed by atoms with Crippen molar-refractivity contribution in [3.63, 3.8) is 0 Å². The highest BCUT2D eigenvalue weighted by Gasteiger charge is 2.18. The molecule has 13 heavy (non-hydrogen) atoms. The molecule has 0 amide bonds. The number of aryl methyl sites for hydroxylation is 3. The van der Waals surface area contributed by atoms with Gasteiger partial charge in [-0.1, -0.05) is 6.07 Å². The second kappa shape index (κ2) is 3.11. The SMILES string of the molecule is Cc1cc2c(nc1C)C(N)CCC2. The fourth-order valence-electron chi connectivity index (χ4n) is 1.95. The third-order valence-electron chi connectivity index (χ3n) is 2.89. The molecule has 0 radical (unpaired) electrons. The molecule has 2 nitrogen and oxygen atoms in total. The van der Waals surface area contributed by atoms with E-state index in [4.69, 9.17) is 5.73 Å². The fraction of sp³-hybridized carbons (Fsp3) is 0.545. The van der Waals surface area contributed by atoms with E-state index in [1.54, 1.807) is 0 Å². The Bertz CT molecular complexity index is 331. The monoisotopic (exact) mass is 176 g/mol. The Balaban J connectivity index is 2.52. The van der Waals surface area contributed by atoms with Crippen LogP contribution in [-0.2, 0) is 6.42 Å². The molecule has 0 aromatic carbocycles. The Kier molecular flexibility index (Phi) is 2.08. The van der Waals surface area contributed by atoms with Crippen LogP contribution in [0.5, 0.6) is 0 Å². The van der Waals surface area contributed by atoms with Crippen LogP contribution in [0.2, 0.25) is 0 Å². The minimum absolute atomic E-state index is 0.169. The summed E-state index contributed by atoms with van der Waals surface area (Å²) in [6, 6.07) is 2.42. The maximum atomic E-state index is 6.00. The number of aromatic nitrogens is 1. The van der Waals surface area contributed by atoms with Gasteiger partial charge in [-0.2, -0.15) is 0 Å². The highest BCUT2D eigenvalue weighted by atomic mass is 14.8. The molecule has 1 aromatic heterocycles. The van der Waals surface area contributed by atoms with E-state index in [-0.39, 0.29) is 6.04 Å². The van der Waals surface area contributed by atoms with Gasteiger partial charge >= 0.3 is 0 Å². The molecule has 1 aliphatic rings. The zero-order chi connectivity index (χ0) is 9.42. The average molecular weight is 176 g/mol. The van der Waals surface area contributed by atoms with Gasteiger partial charge in [-0.15, -0.1) is 0 Å². The summed E-state index contributed by atoms with van der Waals surface area (Å²) in [7, 11) is 0. The highest BCUT2D eigenvalue weighted by molar-refractivity contribution is 5.32. The second-order valence-corrected chi connectivity index (χ2v) is 3.93. The summed E-state index contributed by atoms with van der Waals surface area (Å²) in [5, 5.41) is 0. The van der Waals surface area contributed by atoms with Crippen LogP contribution in [-0.4, -0.2) is 4.98 Å². The number of pyridine rings is 1. The summed E-state index contributed by atoms with van der Waals surface area (Å²) >= 11 is 0. The molecule has 0 spiro atoms. The highest BCUT2D eigenvalue weighted by Crippen LogP contribution is 2.27. The van der Waals surface area contributed by atoms with E-state index in [1.807, 2.05) is 0 Å². The molecule has 2 heteroatoms. The van der Waals surface area contributed by atoms with E-state index in [0.29, 0.717) is 0 Å². The molecular formula is C11H16N2. The molecule has 0 aliphatic heterocycles. The minimum atomic E-state index is 0.169. The first-order valence-electron chi connectivity index (χ1n) is 4.91. The van der Waals surface area contributed by atoms with E-state index in [1.165, 1.54) is 17.5 Å². The number of hydrogen-bond acceptors (Lipinski definition) is 2. The molecule has 0 saturated carbocycles. The Labute approximate surface area is 79.2 Å². The van der Waals surface area contributed by atoms with E-state index in [0.717, 1.165) is 24.2 Å². The normalized spacial score (nSPS) is 21.3. The van der Waals surface area contributed by atoms with Gasteiger partial charge in [0.2, 0.25) is 0 Å². The Morgan fingerprint density at radius 1 is 1.46 bits per heavy atom. The maximum absolute atomic E-state index is 6.00. The molecule has 1 heterocycles. The van der Waals surface area contributed by atoms with Crippen LogP contribution in [0.1, 0.15) is 41.4 Å². The van der Waals surface area contributed by atoms with Crippen LogP contribution in [0.4, 0.5) is 0 Å². The van der Waals surface area contributed by atoms with Gasteiger partial charge in [-0.05, 0) is 44.2 Å². The lowest BCUT2D eigenvalue weighted by Crippen LogP contribution is -2.19. The molecular weight excluding hydrogens is 160 g/mol. The first-order chi connectivity index (χ1) is 6.18. The summed E-state index contributed by atoms with van der Waals surface area (Å²) in [6.45, 7) is 4.17. The zero-order valence-electron chi connectivity index (χ0n) is 8.30. The molecule has 1 aliphatic carbocycles. The van der Waals surface area contributed by atoms with Crippen molar-refractivity contribution in [3.8, 4) is 0 Å². The van der Waals surface area contributed by atoms with Crippen molar-refractivity contribution in [3.05, 3.63) is 28.6 Å². The quantitative estimate of drug-likeness (QED) is 0.657. The van der Waals surface area contributed by atoms with Crippen molar-refractivity contribution >= 4 is 0 Å². The topological polar surface area (TPSA) is 38.9 Å². The lowest BCUT2D eigenvalue weighted by Gasteiger charge is -2.22. The molecule has 0 saturated heterocycles. The van der Waals surface area contributed by atoms with Crippen molar-refractivity contribution in [2.75, 3.05) is 0 Å². The van der Waals surface area contributed by atoms with E-state index >= 15 is 0 Å². The third-order valence-corrected chi connectivity index (χ3v) is 2.89. The molecule has 1 aromatic rings. The van der Waals surface area contributed by atoms with Gasteiger partial charge in [0, 0.05) is 11.7 Å². The van der Waals surface area contributed by atoms with Crippen molar-refractivity contribution in [1.82, 2.24) is 4.98 Å². The number of hydrogen-bond donors (Lipinski definition) is 1. The summed E-state index contributed by atoms with van der Waals surface area (Å²) < 4.78 is 0. The summed E-state index contributed by atoms with van der Waals surface area (Å²) in [4.78, 5) is 4.57. The predicted molar refractivity (Wildman–Crippen MR) is 53.6 cm³/mol. The van der Waals surface area contributed by atoms with Crippen molar-refractivity contribution in [2.45, 2.75) is 39.2 Å². The minimum Gasteiger partial charge on any atom is -0.323 e. The van der Waals surface area contributed by atoms with Crippen LogP contribution in [0, 0.1) is 13.8 Å². The van der Waals surface area contributed by atoms with Crippen molar-refractivity contribution in [2.24, 2.45) is 5.73 Å². The van der Waals surface area contributed by atoms with Gasteiger partial charge in [0.15, 0.2) is 0 Å². The summed E-state index contributed by atoms with van der Waals surface area (Å²) in [5.74, 6) is 0. The lowest BCUT2D eigenvalue weighted by molar-refractivity contribution is 0.552. The van der Waals surface area contributed by atoms with Gasteiger partial charge in [0.05, 0.1) is 5.69 Å². The smallest absolute Gasteiger partial charge is 0.0606 e. The number of nitrogens with two attached hydrogens (primary N) is 1. The summed E-state index contributed by atoms with van der Waals surface area (Å²) in [6.07, 6.45) is 3.44. The van der Waals surface area contributed by atoms with Crippen LogP contribution < -0.4 is 5.73 Å². The first kappa shape index (κ1) is 8.70. The number of rotatable bonds is 0. The first-order valence-corrected chi connectivity index (χ1v) is 4.91. The molecule has 70 valence electrons. The van der Waals surface area contributed by atoms with Crippen molar-refractivity contribution < 1.29 is 0 Å². The van der Waals surface area contributed by atoms with Crippen LogP contribution >= 0.6 is 0 Å². The van der Waals surface area contributed by atoms with E-state index in [2.05, 4.69) is 24.9 Å². The van der Waals surface area contributed by atoms with Gasteiger partial charge in [0.25, 0.3) is 0 Å². The number of fused-ring (bicyclic) bond motifs is 1. The standard InChI is InChI=1S/C11H16N2/c1-7-6-9-4-3-5-10(12)11(9)13-8(7)2/h6,10H,3-5,12H2,1-2H3. The van der Waals surface area contributed by atoms with Gasteiger partial charge < -0.3 is 5.73 Å². The van der Waals surface area contributed by atoms with Crippen LogP contribution in [0.15, 0.2) is 6.07 Å². The zero-order valence-corrected chi connectivity index (χ0v) is 8.30. The van der Waals surface area contributed by atoms with Crippen molar-refractivity contribution in [1.29, 1.82) is 0 Å². The second-order valence-electron chi connectivity index (χ2n) is 3.93. The molecule has 1 atom stereocenters. The third kappa shape index (κ3) is 1.46. The Hall–Kier alpha value is -0.890. The fourth-order valence-corrected chi connectivity index (χ4v) is 1.95. The predicted octanol–water partition coefficient (Wildman–Crippen LogP) is 2.03. The lowest BCUT2D eigenvalue weighted by atomic mass is 9.91. The summed E-state index contributed by atoms with van der Waals surface area (Å²) in [5.41, 5.74) is 10.9. The van der Waals surface area contributed by atoms with E-state index in [9.17, 15) is 0 Å². The number of nitrogens with zero attached hydrogens (tertiary/aromatic N) is 1. The largest absolute Gasteiger partial charge is 0.323 e. The van der Waals surface area contributed by atoms with Crippen LogP contribution in [0.25, 0.3) is 0 Å². The molecule has 0 fully saturated rings. The molecule has 2 rings (SSSR count). The van der Waals surface area contributed by atoms with Crippen LogP contribution in [0.3, 0.4) is 0 Å². The Morgan fingerprint density at radius 2 is 2.23 bits per heavy atom. The Morgan fingerprint density at radius 3 is 3.00 bits per heavy atom. The van der Waals surface area contributed by atoms with Gasteiger partial charge in [0.1, 0.15) is 0 Å². The van der Waals surface area contributed by atoms with E-state index < -0.39 is 0 Å². The molecule has 2 N–H and O–H groups in total. The molecule has 1 unspecified atom stereocenters. The van der Waals surface area contributed by atoms with Gasteiger partial charge in [-0.25, -0.2) is 0 Å².